The number of hydrogen-bond donors (Lipinski definition) is 1. The molecule has 0 aliphatic carbocycles. The van der Waals surface area contributed by atoms with Gasteiger partial charge in [-0.2, -0.15) is 18.4 Å². The minimum absolute atomic E-state index is 0.0740. The maximum absolute atomic E-state index is 13.0. The molecule has 1 aliphatic heterocycles. The van der Waals surface area contributed by atoms with Crippen molar-refractivity contribution in [3.63, 3.8) is 0 Å². The van der Waals surface area contributed by atoms with E-state index in [1.165, 1.54) is 11.6 Å². The topological polar surface area (TPSA) is 59.4 Å². The summed E-state index contributed by atoms with van der Waals surface area (Å²) >= 11 is 5.61. The third-order valence-corrected chi connectivity index (χ3v) is 5.24. The molecule has 1 heterocycles. The molecule has 1 aliphatic rings. The van der Waals surface area contributed by atoms with Crippen LogP contribution in [0.3, 0.4) is 0 Å². The molecule has 0 aromatic heterocycles. The zero-order valence-corrected chi connectivity index (χ0v) is 17.2. The second-order valence-electron chi connectivity index (χ2n) is 7.06. The second kappa shape index (κ2) is 9.86. The number of nitrogens with one attached hydrogen (secondary N) is 1. The Kier molecular flexibility index (Phi) is 7.21. The van der Waals surface area contributed by atoms with E-state index in [2.05, 4.69) is 10.2 Å². The van der Waals surface area contributed by atoms with Crippen LogP contribution in [-0.2, 0) is 17.5 Å². The molecule has 0 bridgehead atoms. The number of carbonyl (C=O) groups excluding carboxylic acids is 1. The zero-order valence-electron chi connectivity index (χ0n) is 16.5. The molecule has 2 aromatic rings. The fourth-order valence-electron chi connectivity index (χ4n) is 3.25. The number of rotatable bonds is 5. The molecule has 1 fully saturated rings. The summed E-state index contributed by atoms with van der Waals surface area (Å²) in [5.41, 5.74) is 0.0854. The highest BCUT2D eigenvalue weighted by molar-refractivity contribution is 6.31. The summed E-state index contributed by atoms with van der Waals surface area (Å²) < 4.78 is 39.0. The first-order valence-corrected chi connectivity index (χ1v) is 9.95. The Labute approximate surface area is 183 Å². The minimum atomic E-state index is -4.61. The smallest absolute Gasteiger partial charge is 0.360 e. The van der Waals surface area contributed by atoms with Gasteiger partial charge in [0, 0.05) is 44.6 Å². The van der Waals surface area contributed by atoms with E-state index >= 15 is 0 Å². The molecule has 1 amide bonds. The minimum Gasteiger partial charge on any atom is -0.360 e. The number of piperazine rings is 1. The van der Waals surface area contributed by atoms with Crippen molar-refractivity contribution >= 4 is 23.2 Å². The lowest BCUT2D eigenvalue weighted by atomic mass is 10.1. The van der Waals surface area contributed by atoms with Gasteiger partial charge < -0.3 is 10.2 Å². The molecule has 162 valence electrons. The van der Waals surface area contributed by atoms with Crippen LogP contribution in [0.4, 0.5) is 18.9 Å². The van der Waals surface area contributed by atoms with Gasteiger partial charge in [-0.1, -0.05) is 41.9 Å². The van der Waals surface area contributed by atoms with Crippen LogP contribution in [0.15, 0.2) is 60.3 Å². The van der Waals surface area contributed by atoms with Crippen LogP contribution < -0.4 is 5.32 Å². The third-order valence-electron chi connectivity index (χ3n) is 4.91. The SMILES string of the molecule is N#C/C(=C/Nc1ccc(Cl)c(C(F)(F)F)c1)C(=O)N1CCN(Cc2ccccc2)CC1. The Balaban J connectivity index is 1.61. The van der Waals surface area contributed by atoms with Gasteiger partial charge in [0.05, 0.1) is 10.6 Å². The average Bonchev–Trinajstić information content (AvgIpc) is 2.75. The predicted octanol–water partition coefficient (Wildman–Crippen LogP) is 4.52. The number of amides is 1. The van der Waals surface area contributed by atoms with Crippen LogP contribution in [0.2, 0.25) is 5.02 Å². The first kappa shape index (κ1) is 22.7. The molecule has 0 spiro atoms. The van der Waals surface area contributed by atoms with Gasteiger partial charge in [0.15, 0.2) is 0 Å². The number of nitrogens with zero attached hydrogens (tertiary/aromatic N) is 3. The number of nitriles is 1. The quantitative estimate of drug-likeness (QED) is 0.539. The van der Waals surface area contributed by atoms with Crippen LogP contribution in [0.1, 0.15) is 11.1 Å². The number of anilines is 1. The van der Waals surface area contributed by atoms with Crippen LogP contribution in [0, 0.1) is 11.3 Å². The van der Waals surface area contributed by atoms with Crippen LogP contribution in [0.25, 0.3) is 0 Å². The first-order valence-electron chi connectivity index (χ1n) is 9.57. The number of halogens is 4. The molecular weight excluding hydrogens is 429 g/mol. The van der Waals surface area contributed by atoms with Gasteiger partial charge in [0.2, 0.25) is 0 Å². The van der Waals surface area contributed by atoms with Crippen LogP contribution >= 0.6 is 11.6 Å². The van der Waals surface area contributed by atoms with E-state index in [1.807, 2.05) is 36.4 Å². The predicted molar refractivity (Wildman–Crippen MR) is 112 cm³/mol. The van der Waals surface area contributed by atoms with Crippen molar-refractivity contribution in [1.82, 2.24) is 9.80 Å². The van der Waals surface area contributed by atoms with Crippen molar-refractivity contribution in [2.45, 2.75) is 12.7 Å². The van der Waals surface area contributed by atoms with E-state index in [4.69, 9.17) is 11.6 Å². The molecule has 0 atom stereocenters. The summed E-state index contributed by atoms with van der Waals surface area (Å²) in [6, 6.07) is 15.1. The van der Waals surface area contributed by atoms with Crippen LogP contribution in [-0.4, -0.2) is 41.9 Å². The highest BCUT2D eigenvalue weighted by Crippen LogP contribution is 2.36. The molecule has 31 heavy (non-hydrogen) atoms. The van der Waals surface area contributed by atoms with E-state index in [0.29, 0.717) is 26.2 Å². The third kappa shape index (κ3) is 6.00. The summed E-state index contributed by atoms with van der Waals surface area (Å²) in [6.07, 6.45) is -3.48. The summed E-state index contributed by atoms with van der Waals surface area (Å²) in [6.45, 7) is 3.04. The standard InChI is InChI=1S/C22H20ClF3N4O/c23-20-7-6-18(12-19(20)22(24,25)26)28-14-17(13-27)21(31)30-10-8-29(9-11-30)15-16-4-2-1-3-5-16/h1-7,12,14,28H,8-11,15H2/b17-14-. The van der Waals surface area contributed by atoms with Crippen molar-refractivity contribution in [2.24, 2.45) is 0 Å². The van der Waals surface area contributed by atoms with E-state index in [0.717, 1.165) is 24.9 Å². The lowest BCUT2D eigenvalue weighted by Crippen LogP contribution is -2.48. The number of hydrogen-bond acceptors (Lipinski definition) is 4. The van der Waals surface area contributed by atoms with Crippen molar-refractivity contribution in [3.05, 3.63) is 76.5 Å². The van der Waals surface area contributed by atoms with Crippen molar-refractivity contribution in [1.29, 1.82) is 5.26 Å². The lowest BCUT2D eigenvalue weighted by molar-refractivity contribution is -0.137. The van der Waals surface area contributed by atoms with Crippen molar-refractivity contribution in [2.75, 3.05) is 31.5 Å². The Morgan fingerprint density at radius 3 is 2.42 bits per heavy atom. The summed E-state index contributed by atoms with van der Waals surface area (Å²) in [5.74, 6) is -0.459. The summed E-state index contributed by atoms with van der Waals surface area (Å²) in [5, 5.41) is 11.5. The molecule has 0 radical (unpaired) electrons. The highest BCUT2D eigenvalue weighted by atomic mass is 35.5. The Morgan fingerprint density at radius 2 is 1.81 bits per heavy atom. The summed E-state index contributed by atoms with van der Waals surface area (Å²) in [4.78, 5) is 16.5. The van der Waals surface area contributed by atoms with Gasteiger partial charge in [-0.3, -0.25) is 9.69 Å². The van der Waals surface area contributed by atoms with Gasteiger partial charge in [-0.25, -0.2) is 0 Å². The Hall–Kier alpha value is -3.02. The monoisotopic (exact) mass is 448 g/mol. The van der Waals surface area contributed by atoms with Crippen molar-refractivity contribution in [3.8, 4) is 6.07 Å². The van der Waals surface area contributed by atoms with Gasteiger partial charge in [0.1, 0.15) is 11.6 Å². The van der Waals surface area contributed by atoms with Gasteiger partial charge in [-0.15, -0.1) is 0 Å². The molecule has 0 saturated carbocycles. The highest BCUT2D eigenvalue weighted by Gasteiger charge is 2.33. The molecule has 9 heteroatoms. The van der Waals surface area contributed by atoms with Gasteiger partial charge in [-0.05, 0) is 23.8 Å². The van der Waals surface area contributed by atoms with E-state index in [9.17, 15) is 23.2 Å². The molecule has 1 saturated heterocycles. The van der Waals surface area contributed by atoms with E-state index < -0.39 is 22.7 Å². The Bertz CT molecular complexity index is 994. The van der Waals surface area contributed by atoms with Gasteiger partial charge in [0.25, 0.3) is 5.91 Å². The normalized spacial score (nSPS) is 15.5. The summed E-state index contributed by atoms with van der Waals surface area (Å²) in [7, 11) is 0. The van der Waals surface area contributed by atoms with E-state index in [-0.39, 0.29) is 11.3 Å². The number of benzene rings is 2. The molecule has 5 nitrogen and oxygen atoms in total. The zero-order chi connectivity index (χ0) is 22.4. The molecule has 2 aromatic carbocycles. The maximum Gasteiger partial charge on any atom is 0.417 e. The number of carbonyl (C=O) groups is 1. The van der Waals surface area contributed by atoms with E-state index in [1.54, 1.807) is 4.90 Å². The second-order valence-corrected chi connectivity index (χ2v) is 7.47. The molecule has 3 rings (SSSR count). The lowest BCUT2D eigenvalue weighted by Gasteiger charge is -2.34. The van der Waals surface area contributed by atoms with Crippen molar-refractivity contribution < 1.29 is 18.0 Å². The fourth-order valence-corrected chi connectivity index (χ4v) is 3.48. The fraction of sp³-hybridized carbons (Fsp3) is 0.273. The molecule has 1 N–H and O–H groups in total. The molecular formula is C22H20ClF3N4O. The molecule has 0 unspecified atom stereocenters. The first-order chi connectivity index (χ1) is 14.8. The maximum atomic E-state index is 13.0. The Morgan fingerprint density at radius 1 is 1.13 bits per heavy atom. The average molecular weight is 449 g/mol. The largest absolute Gasteiger partial charge is 0.417 e. The van der Waals surface area contributed by atoms with Crippen LogP contribution in [0.5, 0.6) is 0 Å². The number of alkyl halides is 3. The van der Waals surface area contributed by atoms with Gasteiger partial charge >= 0.3 is 6.18 Å².